The number of aromatic nitrogens is 3. The Morgan fingerprint density at radius 2 is 2.11 bits per heavy atom. The van der Waals surface area contributed by atoms with Crippen LogP contribution in [0.4, 0.5) is 13.2 Å². The molecule has 0 unspecified atom stereocenters. The normalized spacial score (nSPS) is 12.0. The number of aliphatic carboxylic acids is 1. The number of rotatable bonds is 2. The zero-order chi connectivity index (χ0) is 13.5. The SMILES string of the molecule is O=C(O)Cc1cc(Cl)n2nc(C(F)(F)F)cc2n1. The lowest BCUT2D eigenvalue weighted by Gasteiger charge is -2.00. The lowest BCUT2D eigenvalue weighted by Crippen LogP contribution is -2.06. The van der Waals surface area contributed by atoms with E-state index in [1.165, 1.54) is 0 Å². The summed E-state index contributed by atoms with van der Waals surface area (Å²) >= 11 is 5.71. The van der Waals surface area contributed by atoms with Crippen LogP contribution in [0.5, 0.6) is 0 Å². The number of fused-ring (bicyclic) bond motifs is 1. The molecule has 0 saturated carbocycles. The molecule has 0 aromatic carbocycles. The van der Waals surface area contributed by atoms with Crippen LogP contribution in [0.1, 0.15) is 11.4 Å². The maximum atomic E-state index is 12.4. The minimum atomic E-state index is -4.61. The largest absolute Gasteiger partial charge is 0.481 e. The molecule has 0 radical (unpaired) electrons. The molecule has 2 heterocycles. The molecule has 2 rings (SSSR count). The Balaban J connectivity index is 2.55. The number of carboxylic acid groups (broad SMARTS) is 1. The van der Waals surface area contributed by atoms with Crippen molar-refractivity contribution in [1.82, 2.24) is 14.6 Å². The van der Waals surface area contributed by atoms with Gasteiger partial charge < -0.3 is 5.11 Å². The van der Waals surface area contributed by atoms with Crippen LogP contribution in [-0.2, 0) is 17.4 Å². The first kappa shape index (κ1) is 12.6. The van der Waals surface area contributed by atoms with E-state index in [1.54, 1.807) is 0 Å². The monoisotopic (exact) mass is 279 g/mol. The average Bonchev–Trinajstić information content (AvgIpc) is 2.59. The molecule has 0 fully saturated rings. The van der Waals surface area contributed by atoms with Crippen molar-refractivity contribution in [2.75, 3.05) is 0 Å². The molecule has 0 spiro atoms. The third kappa shape index (κ3) is 2.37. The van der Waals surface area contributed by atoms with Crippen molar-refractivity contribution in [2.45, 2.75) is 12.6 Å². The van der Waals surface area contributed by atoms with Crippen molar-refractivity contribution in [3.63, 3.8) is 0 Å². The molecule has 0 aliphatic carbocycles. The molecule has 0 aliphatic heterocycles. The fraction of sp³-hybridized carbons (Fsp3) is 0.222. The topological polar surface area (TPSA) is 67.5 Å². The smallest absolute Gasteiger partial charge is 0.435 e. The Bertz CT molecular complexity index is 623. The number of halogens is 4. The van der Waals surface area contributed by atoms with Crippen LogP contribution < -0.4 is 0 Å². The molecule has 0 saturated heterocycles. The minimum absolute atomic E-state index is 0.0635. The van der Waals surface area contributed by atoms with Gasteiger partial charge in [0.25, 0.3) is 0 Å². The van der Waals surface area contributed by atoms with Crippen LogP contribution in [0.25, 0.3) is 5.65 Å². The molecule has 96 valence electrons. The Morgan fingerprint density at radius 3 is 2.67 bits per heavy atom. The van der Waals surface area contributed by atoms with E-state index in [-0.39, 0.29) is 16.5 Å². The highest BCUT2D eigenvalue weighted by Crippen LogP contribution is 2.29. The first-order chi connectivity index (χ1) is 8.27. The molecule has 18 heavy (non-hydrogen) atoms. The fourth-order valence-corrected chi connectivity index (χ4v) is 1.62. The van der Waals surface area contributed by atoms with Crippen molar-refractivity contribution in [1.29, 1.82) is 0 Å². The fourth-order valence-electron chi connectivity index (χ4n) is 1.37. The van der Waals surface area contributed by atoms with Crippen LogP contribution in [0.2, 0.25) is 5.15 Å². The van der Waals surface area contributed by atoms with Gasteiger partial charge in [0.1, 0.15) is 5.15 Å². The third-order valence-corrected chi connectivity index (χ3v) is 2.33. The Hall–Kier alpha value is -1.83. The van der Waals surface area contributed by atoms with Gasteiger partial charge in [0, 0.05) is 6.07 Å². The molecule has 2 aromatic heterocycles. The van der Waals surface area contributed by atoms with Gasteiger partial charge >= 0.3 is 12.1 Å². The number of hydrogen-bond acceptors (Lipinski definition) is 3. The van der Waals surface area contributed by atoms with Gasteiger partial charge in [0.15, 0.2) is 11.3 Å². The summed E-state index contributed by atoms with van der Waals surface area (Å²) in [7, 11) is 0. The highest BCUT2D eigenvalue weighted by molar-refractivity contribution is 6.29. The quantitative estimate of drug-likeness (QED) is 0.854. The molecule has 0 amide bonds. The van der Waals surface area contributed by atoms with Gasteiger partial charge in [0.05, 0.1) is 12.1 Å². The lowest BCUT2D eigenvalue weighted by molar-refractivity contribution is -0.141. The predicted octanol–water partition coefficient (Wildman–Crippen LogP) is 2.03. The molecule has 0 bridgehead atoms. The van der Waals surface area contributed by atoms with Crippen molar-refractivity contribution in [3.8, 4) is 0 Å². The number of carbonyl (C=O) groups is 1. The van der Waals surface area contributed by atoms with Crippen molar-refractivity contribution < 1.29 is 23.1 Å². The number of hydrogen-bond donors (Lipinski definition) is 1. The molecule has 5 nitrogen and oxygen atoms in total. The summed E-state index contributed by atoms with van der Waals surface area (Å²) in [5, 5.41) is 11.7. The number of alkyl halides is 3. The molecular formula is C9H5ClF3N3O2. The average molecular weight is 280 g/mol. The van der Waals surface area contributed by atoms with Crippen LogP contribution in [0.15, 0.2) is 12.1 Å². The van der Waals surface area contributed by atoms with Crippen LogP contribution >= 0.6 is 11.6 Å². The molecule has 0 aliphatic rings. The summed E-state index contributed by atoms with van der Waals surface area (Å²) in [6.45, 7) is 0. The second-order valence-corrected chi connectivity index (χ2v) is 3.83. The number of carboxylic acids is 1. The summed E-state index contributed by atoms with van der Waals surface area (Å²) in [4.78, 5) is 14.2. The van der Waals surface area contributed by atoms with Crippen molar-refractivity contribution in [2.24, 2.45) is 0 Å². The summed E-state index contributed by atoms with van der Waals surface area (Å²) in [5.41, 5.74) is -1.22. The Morgan fingerprint density at radius 1 is 1.44 bits per heavy atom. The van der Waals surface area contributed by atoms with E-state index in [0.717, 1.165) is 10.6 Å². The van der Waals surface area contributed by atoms with E-state index in [1.807, 2.05) is 0 Å². The second kappa shape index (κ2) is 4.13. The lowest BCUT2D eigenvalue weighted by atomic mass is 10.3. The summed E-state index contributed by atoms with van der Waals surface area (Å²) in [6, 6.07) is 1.87. The van der Waals surface area contributed by atoms with Crippen molar-refractivity contribution >= 4 is 23.2 Å². The van der Waals surface area contributed by atoms with E-state index >= 15 is 0 Å². The van der Waals surface area contributed by atoms with Gasteiger partial charge in [-0.15, -0.1) is 0 Å². The predicted molar refractivity (Wildman–Crippen MR) is 54.3 cm³/mol. The Kier molecular flexibility index (Phi) is 2.89. The zero-order valence-electron chi connectivity index (χ0n) is 8.57. The summed E-state index contributed by atoms with van der Waals surface area (Å²) in [6.07, 6.45) is -5.03. The molecular weight excluding hydrogens is 275 g/mol. The second-order valence-electron chi connectivity index (χ2n) is 3.44. The summed E-state index contributed by atoms with van der Waals surface area (Å²) in [5.74, 6) is -1.15. The van der Waals surface area contributed by atoms with Crippen molar-refractivity contribution in [3.05, 3.63) is 28.7 Å². The van der Waals surface area contributed by atoms with Gasteiger partial charge in [-0.3, -0.25) is 4.79 Å². The standard InChI is InChI=1S/C9H5ClF3N3O2/c10-6-1-4(2-8(17)18)14-7-3-5(9(11,12)13)15-16(6)7/h1,3H,2H2,(H,17,18). The maximum absolute atomic E-state index is 12.4. The van der Waals surface area contributed by atoms with Crippen LogP contribution in [0.3, 0.4) is 0 Å². The first-order valence-electron chi connectivity index (χ1n) is 4.61. The molecule has 0 atom stereocenters. The Labute approximate surface area is 103 Å². The van der Waals surface area contributed by atoms with E-state index in [4.69, 9.17) is 16.7 Å². The zero-order valence-corrected chi connectivity index (χ0v) is 9.33. The van der Waals surface area contributed by atoms with Crippen LogP contribution in [0, 0.1) is 0 Å². The van der Waals surface area contributed by atoms with Gasteiger partial charge in [-0.2, -0.15) is 18.3 Å². The summed E-state index contributed by atoms with van der Waals surface area (Å²) < 4.78 is 38.1. The van der Waals surface area contributed by atoms with E-state index in [2.05, 4.69) is 10.1 Å². The maximum Gasteiger partial charge on any atom is 0.435 e. The van der Waals surface area contributed by atoms with Gasteiger partial charge in [0.2, 0.25) is 0 Å². The molecule has 2 aromatic rings. The highest BCUT2D eigenvalue weighted by atomic mass is 35.5. The van der Waals surface area contributed by atoms with E-state index < -0.39 is 24.3 Å². The van der Waals surface area contributed by atoms with E-state index in [0.29, 0.717) is 6.07 Å². The molecule has 9 heteroatoms. The minimum Gasteiger partial charge on any atom is -0.481 e. The van der Waals surface area contributed by atoms with Gasteiger partial charge in [-0.05, 0) is 6.07 Å². The highest BCUT2D eigenvalue weighted by Gasteiger charge is 2.34. The molecule has 1 N–H and O–H groups in total. The van der Waals surface area contributed by atoms with Gasteiger partial charge in [-0.25, -0.2) is 9.50 Å². The van der Waals surface area contributed by atoms with E-state index in [9.17, 15) is 18.0 Å². The third-order valence-electron chi connectivity index (χ3n) is 2.06. The van der Waals surface area contributed by atoms with Gasteiger partial charge in [-0.1, -0.05) is 11.6 Å². The number of nitrogens with zero attached hydrogens (tertiary/aromatic N) is 3. The van der Waals surface area contributed by atoms with Crippen LogP contribution in [-0.4, -0.2) is 25.7 Å². The first-order valence-corrected chi connectivity index (χ1v) is 4.99.